The molecule has 0 aliphatic carbocycles. The van der Waals surface area contributed by atoms with E-state index < -0.39 is 0 Å². The van der Waals surface area contributed by atoms with Crippen molar-refractivity contribution in [3.63, 3.8) is 0 Å². The van der Waals surface area contributed by atoms with Crippen LogP contribution in [-0.4, -0.2) is 25.8 Å². The van der Waals surface area contributed by atoms with Crippen LogP contribution >= 0.6 is 0 Å². The van der Waals surface area contributed by atoms with Crippen LogP contribution in [0.5, 0.6) is 0 Å². The van der Waals surface area contributed by atoms with Crippen molar-refractivity contribution in [3.8, 4) is 11.8 Å². The summed E-state index contributed by atoms with van der Waals surface area (Å²) < 4.78 is 5.40. The molecule has 0 radical (unpaired) electrons. The van der Waals surface area contributed by atoms with Crippen LogP contribution in [0.4, 0.5) is 0 Å². The summed E-state index contributed by atoms with van der Waals surface area (Å²) in [7, 11) is 0. The van der Waals surface area contributed by atoms with Crippen molar-refractivity contribution in [2.75, 3.05) is 19.8 Å². The summed E-state index contributed by atoms with van der Waals surface area (Å²) >= 11 is 0. The number of nitrogens with one attached hydrogen (secondary N) is 1. The van der Waals surface area contributed by atoms with Gasteiger partial charge in [0.05, 0.1) is 6.61 Å². The zero-order valence-corrected chi connectivity index (χ0v) is 10.9. The topological polar surface area (TPSA) is 21.3 Å². The number of rotatable bonds is 8. The third kappa shape index (κ3) is 11.3. The summed E-state index contributed by atoms with van der Waals surface area (Å²) in [6.45, 7) is 12.5. The van der Waals surface area contributed by atoms with E-state index in [4.69, 9.17) is 4.74 Å². The van der Waals surface area contributed by atoms with E-state index in [2.05, 4.69) is 44.5 Å². The second-order valence-electron chi connectivity index (χ2n) is 4.21. The molecular weight excluding hydrogens is 198 g/mol. The van der Waals surface area contributed by atoms with E-state index in [-0.39, 0.29) is 0 Å². The van der Waals surface area contributed by atoms with Gasteiger partial charge in [-0.15, -0.1) is 5.92 Å². The Morgan fingerprint density at radius 3 is 2.75 bits per heavy atom. The van der Waals surface area contributed by atoms with Crippen LogP contribution in [-0.2, 0) is 4.74 Å². The Kier molecular flexibility index (Phi) is 10.2. The lowest BCUT2D eigenvalue weighted by molar-refractivity contribution is 0.189. The normalized spacial score (nSPS) is 10.0. The molecule has 2 nitrogen and oxygen atoms in total. The molecular formula is C14H25NO. The molecule has 0 aromatic carbocycles. The zero-order valence-electron chi connectivity index (χ0n) is 10.9. The summed E-state index contributed by atoms with van der Waals surface area (Å²) in [6, 6.07) is 0.536. The largest absolute Gasteiger partial charge is 0.364 e. The summed E-state index contributed by atoms with van der Waals surface area (Å²) in [4.78, 5) is 0. The SMILES string of the molecule is C=C(CCNC(C)C)COCC#CCCC. The monoisotopic (exact) mass is 223 g/mol. The molecule has 0 atom stereocenters. The lowest BCUT2D eigenvalue weighted by atomic mass is 10.2. The molecule has 16 heavy (non-hydrogen) atoms. The van der Waals surface area contributed by atoms with E-state index in [9.17, 15) is 0 Å². The average Bonchev–Trinajstić information content (AvgIpc) is 2.22. The van der Waals surface area contributed by atoms with Gasteiger partial charge in [0.15, 0.2) is 0 Å². The highest BCUT2D eigenvalue weighted by molar-refractivity contribution is 5.00. The second-order valence-corrected chi connectivity index (χ2v) is 4.21. The van der Waals surface area contributed by atoms with Crippen LogP contribution in [0.3, 0.4) is 0 Å². The van der Waals surface area contributed by atoms with Gasteiger partial charge in [0, 0.05) is 12.5 Å². The van der Waals surface area contributed by atoms with Gasteiger partial charge in [-0.2, -0.15) is 0 Å². The van der Waals surface area contributed by atoms with Crippen molar-refractivity contribution in [2.45, 2.75) is 46.1 Å². The fraction of sp³-hybridized carbons (Fsp3) is 0.714. The maximum absolute atomic E-state index is 5.40. The Balaban J connectivity index is 3.34. The van der Waals surface area contributed by atoms with Gasteiger partial charge in [0.25, 0.3) is 0 Å². The molecule has 0 aromatic rings. The highest BCUT2D eigenvalue weighted by atomic mass is 16.5. The number of ether oxygens (including phenoxy) is 1. The Bertz CT molecular complexity index is 235. The molecule has 0 amide bonds. The summed E-state index contributed by atoms with van der Waals surface area (Å²) in [5.41, 5.74) is 1.13. The van der Waals surface area contributed by atoms with Crippen molar-refractivity contribution >= 4 is 0 Å². The van der Waals surface area contributed by atoms with Gasteiger partial charge in [0.1, 0.15) is 6.61 Å². The first kappa shape index (κ1) is 15.2. The number of hydrogen-bond donors (Lipinski definition) is 1. The van der Waals surface area contributed by atoms with Crippen molar-refractivity contribution < 1.29 is 4.74 Å². The molecule has 0 heterocycles. The quantitative estimate of drug-likeness (QED) is 0.388. The fourth-order valence-electron chi connectivity index (χ4n) is 1.12. The predicted octanol–water partition coefficient (Wildman–Crippen LogP) is 2.75. The molecule has 0 fully saturated rings. The van der Waals surface area contributed by atoms with Gasteiger partial charge in [-0.1, -0.05) is 38.8 Å². The maximum Gasteiger partial charge on any atom is 0.108 e. The van der Waals surface area contributed by atoms with E-state index in [0.29, 0.717) is 19.3 Å². The smallest absolute Gasteiger partial charge is 0.108 e. The lowest BCUT2D eigenvalue weighted by Gasteiger charge is -2.09. The average molecular weight is 223 g/mol. The lowest BCUT2D eigenvalue weighted by Crippen LogP contribution is -2.24. The molecule has 92 valence electrons. The Hall–Kier alpha value is -0.780. The zero-order chi connectivity index (χ0) is 12.2. The molecule has 0 aromatic heterocycles. The van der Waals surface area contributed by atoms with Crippen LogP contribution in [0.2, 0.25) is 0 Å². The molecule has 1 N–H and O–H groups in total. The van der Waals surface area contributed by atoms with Crippen LogP contribution in [0.1, 0.15) is 40.0 Å². The van der Waals surface area contributed by atoms with E-state index in [0.717, 1.165) is 31.4 Å². The van der Waals surface area contributed by atoms with Crippen LogP contribution in [0.25, 0.3) is 0 Å². The molecule has 0 spiro atoms. The summed E-state index contributed by atoms with van der Waals surface area (Å²) in [5.74, 6) is 6.04. The molecule has 2 heteroatoms. The van der Waals surface area contributed by atoms with Crippen molar-refractivity contribution in [2.24, 2.45) is 0 Å². The third-order valence-electron chi connectivity index (χ3n) is 2.01. The maximum atomic E-state index is 5.40. The van der Waals surface area contributed by atoms with Crippen LogP contribution < -0.4 is 5.32 Å². The molecule has 0 aliphatic rings. The van der Waals surface area contributed by atoms with Crippen LogP contribution in [0.15, 0.2) is 12.2 Å². The molecule has 0 unspecified atom stereocenters. The minimum atomic E-state index is 0.524. The van der Waals surface area contributed by atoms with Crippen molar-refractivity contribution in [3.05, 3.63) is 12.2 Å². The van der Waals surface area contributed by atoms with E-state index in [1.807, 2.05) is 0 Å². The van der Waals surface area contributed by atoms with E-state index in [1.165, 1.54) is 0 Å². The van der Waals surface area contributed by atoms with Gasteiger partial charge in [-0.05, 0) is 19.4 Å². The summed E-state index contributed by atoms with van der Waals surface area (Å²) in [6.07, 6.45) is 3.05. The fourth-order valence-corrected chi connectivity index (χ4v) is 1.12. The highest BCUT2D eigenvalue weighted by Gasteiger charge is 1.96. The second kappa shape index (κ2) is 10.7. The third-order valence-corrected chi connectivity index (χ3v) is 2.01. The predicted molar refractivity (Wildman–Crippen MR) is 70.4 cm³/mol. The van der Waals surface area contributed by atoms with E-state index in [1.54, 1.807) is 0 Å². The summed E-state index contributed by atoms with van der Waals surface area (Å²) in [5, 5.41) is 3.35. The van der Waals surface area contributed by atoms with Crippen molar-refractivity contribution in [1.82, 2.24) is 5.32 Å². The number of unbranched alkanes of at least 4 members (excludes halogenated alkanes) is 1. The van der Waals surface area contributed by atoms with Gasteiger partial charge in [-0.3, -0.25) is 0 Å². The molecule has 0 saturated heterocycles. The number of hydrogen-bond acceptors (Lipinski definition) is 2. The molecule has 0 aliphatic heterocycles. The Morgan fingerprint density at radius 1 is 1.38 bits per heavy atom. The first-order valence-corrected chi connectivity index (χ1v) is 6.10. The van der Waals surface area contributed by atoms with E-state index >= 15 is 0 Å². The van der Waals surface area contributed by atoms with Gasteiger partial charge < -0.3 is 10.1 Å². The standard InChI is InChI=1S/C14H25NO/c1-5-6-7-8-11-16-12-14(4)9-10-15-13(2)3/h13,15H,4-6,9-12H2,1-3H3. The molecule has 0 bridgehead atoms. The minimum Gasteiger partial charge on any atom is -0.364 e. The highest BCUT2D eigenvalue weighted by Crippen LogP contribution is 1.97. The molecule has 0 saturated carbocycles. The Labute approximate surface area is 100 Å². The van der Waals surface area contributed by atoms with Gasteiger partial charge >= 0.3 is 0 Å². The van der Waals surface area contributed by atoms with Gasteiger partial charge in [0.2, 0.25) is 0 Å². The van der Waals surface area contributed by atoms with Gasteiger partial charge in [-0.25, -0.2) is 0 Å². The van der Waals surface area contributed by atoms with Crippen molar-refractivity contribution in [1.29, 1.82) is 0 Å². The Morgan fingerprint density at radius 2 is 2.12 bits per heavy atom. The molecule has 0 rings (SSSR count). The first-order valence-electron chi connectivity index (χ1n) is 6.10. The van der Waals surface area contributed by atoms with Crippen LogP contribution in [0, 0.1) is 11.8 Å². The first-order chi connectivity index (χ1) is 7.66. The minimum absolute atomic E-state index is 0.524.